The van der Waals surface area contributed by atoms with E-state index >= 15 is 0 Å². The van der Waals surface area contributed by atoms with Crippen molar-refractivity contribution in [3.05, 3.63) is 63.6 Å². The highest BCUT2D eigenvalue weighted by atomic mass is 35.5. The predicted octanol–water partition coefficient (Wildman–Crippen LogP) is 5.10. The van der Waals surface area contributed by atoms with Crippen LogP contribution in [0.3, 0.4) is 0 Å². The molecule has 4 nitrogen and oxygen atoms in total. The van der Waals surface area contributed by atoms with Crippen LogP contribution in [0.1, 0.15) is 30.9 Å². The predicted molar refractivity (Wildman–Crippen MR) is 119 cm³/mol. The lowest BCUT2D eigenvalue weighted by atomic mass is 9.95. The van der Waals surface area contributed by atoms with Crippen LogP contribution in [0.25, 0.3) is 0 Å². The number of carbonyl (C=O) groups is 1. The molecule has 3 rings (SSSR count). The van der Waals surface area contributed by atoms with E-state index in [-0.39, 0.29) is 17.9 Å². The highest BCUT2D eigenvalue weighted by molar-refractivity contribution is 6.42. The molecular weight excluding hydrogens is 407 g/mol. The molecule has 0 aliphatic carbocycles. The van der Waals surface area contributed by atoms with Crippen LogP contribution in [0.4, 0.5) is 0 Å². The molecule has 1 amide bonds. The third kappa shape index (κ3) is 6.63. The summed E-state index contributed by atoms with van der Waals surface area (Å²) >= 11 is 12.1. The van der Waals surface area contributed by atoms with Gasteiger partial charge in [-0.25, -0.2) is 0 Å². The molecule has 0 radical (unpaired) electrons. The van der Waals surface area contributed by atoms with E-state index < -0.39 is 0 Å². The fraction of sp³-hybridized carbons (Fsp3) is 0.435. The lowest BCUT2D eigenvalue weighted by molar-refractivity contribution is -0.127. The number of carbonyl (C=O) groups excluding carboxylic acids is 1. The molecule has 6 heteroatoms. The molecule has 1 N–H and O–H groups in total. The number of rotatable bonds is 7. The Hall–Kier alpha value is -1.75. The molecule has 1 aliphatic heterocycles. The Morgan fingerprint density at radius 2 is 1.83 bits per heavy atom. The van der Waals surface area contributed by atoms with Gasteiger partial charge in [0.2, 0.25) is 5.91 Å². The van der Waals surface area contributed by atoms with Crippen molar-refractivity contribution < 1.29 is 9.53 Å². The first-order valence-electron chi connectivity index (χ1n) is 10.1. The highest BCUT2D eigenvalue weighted by Crippen LogP contribution is 2.25. The minimum atomic E-state index is -0.0296. The van der Waals surface area contributed by atoms with Crippen molar-refractivity contribution in [2.75, 3.05) is 19.7 Å². The van der Waals surface area contributed by atoms with E-state index in [0.29, 0.717) is 16.7 Å². The zero-order valence-corrected chi connectivity index (χ0v) is 18.5. The van der Waals surface area contributed by atoms with Crippen LogP contribution in [-0.2, 0) is 11.3 Å². The smallest absolute Gasteiger partial charge is 0.223 e. The topological polar surface area (TPSA) is 41.6 Å². The molecular formula is C23H28Cl2N2O2. The molecule has 0 unspecified atom stereocenters. The van der Waals surface area contributed by atoms with E-state index in [1.807, 2.05) is 56.3 Å². The van der Waals surface area contributed by atoms with E-state index in [9.17, 15) is 4.79 Å². The Morgan fingerprint density at radius 3 is 2.48 bits per heavy atom. The second kappa shape index (κ2) is 10.3. The van der Waals surface area contributed by atoms with Crippen LogP contribution in [-0.4, -0.2) is 36.5 Å². The van der Waals surface area contributed by atoms with Gasteiger partial charge in [0.05, 0.1) is 16.1 Å². The number of piperidine rings is 1. The van der Waals surface area contributed by atoms with Gasteiger partial charge in [-0.15, -0.1) is 0 Å². The minimum absolute atomic E-state index is 0.0296. The largest absolute Gasteiger partial charge is 0.491 e. The maximum Gasteiger partial charge on any atom is 0.223 e. The Morgan fingerprint density at radius 1 is 1.14 bits per heavy atom. The van der Waals surface area contributed by atoms with Crippen molar-refractivity contribution in [3.63, 3.8) is 0 Å². The molecule has 0 spiro atoms. The fourth-order valence-corrected chi connectivity index (χ4v) is 3.83. The molecule has 1 heterocycles. The van der Waals surface area contributed by atoms with Crippen molar-refractivity contribution in [1.82, 2.24) is 10.2 Å². The lowest BCUT2D eigenvalue weighted by Crippen LogP contribution is -2.44. The van der Waals surface area contributed by atoms with Gasteiger partial charge in [-0.05, 0) is 69.6 Å². The number of likely N-dealkylation sites (tertiary alicyclic amines) is 1. The number of ether oxygens (including phenoxy) is 1. The van der Waals surface area contributed by atoms with Crippen LogP contribution < -0.4 is 10.1 Å². The van der Waals surface area contributed by atoms with Gasteiger partial charge in [-0.3, -0.25) is 9.69 Å². The van der Waals surface area contributed by atoms with Gasteiger partial charge >= 0.3 is 0 Å². The zero-order valence-electron chi connectivity index (χ0n) is 17.0. The number of amides is 1. The zero-order chi connectivity index (χ0) is 20.8. The molecule has 2 aromatic carbocycles. The maximum absolute atomic E-state index is 12.6. The monoisotopic (exact) mass is 434 g/mol. The van der Waals surface area contributed by atoms with Gasteiger partial charge in [0.1, 0.15) is 12.4 Å². The SMILES string of the molecule is Cc1ccc(OC[C@@H](C)NC(=O)C2CCN(Cc3ccc(Cl)c(Cl)c3)CC2)cc1. The van der Waals surface area contributed by atoms with E-state index in [2.05, 4.69) is 10.2 Å². The van der Waals surface area contributed by atoms with Crippen LogP contribution in [0.15, 0.2) is 42.5 Å². The number of hydrogen-bond donors (Lipinski definition) is 1. The normalized spacial score (nSPS) is 16.4. The molecule has 1 saturated heterocycles. The molecule has 1 fully saturated rings. The molecule has 1 aliphatic rings. The second-order valence-corrected chi connectivity index (χ2v) is 8.65. The van der Waals surface area contributed by atoms with Gasteiger partial charge in [0.15, 0.2) is 0 Å². The number of nitrogens with one attached hydrogen (secondary N) is 1. The van der Waals surface area contributed by atoms with E-state index in [4.69, 9.17) is 27.9 Å². The summed E-state index contributed by atoms with van der Waals surface area (Å²) in [6.45, 7) is 7.10. The maximum atomic E-state index is 12.6. The molecule has 2 aromatic rings. The van der Waals surface area contributed by atoms with Gasteiger partial charge in [-0.2, -0.15) is 0 Å². The van der Waals surface area contributed by atoms with E-state index in [1.54, 1.807) is 0 Å². The third-order valence-corrected chi connectivity index (χ3v) is 6.00. The minimum Gasteiger partial charge on any atom is -0.491 e. The van der Waals surface area contributed by atoms with Crippen molar-refractivity contribution >= 4 is 29.1 Å². The molecule has 1 atom stereocenters. The van der Waals surface area contributed by atoms with E-state index in [0.717, 1.165) is 43.8 Å². The summed E-state index contributed by atoms with van der Waals surface area (Å²) in [5.74, 6) is 1.01. The summed E-state index contributed by atoms with van der Waals surface area (Å²) in [4.78, 5) is 14.9. The van der Waals surface area contributed by atoms with Crippen LogP contribution in [0.5, 0.6) is 5.75 Å². The summed E-state index contributed by atoms with van der Waals surface area (Å²) in [7, 11) is 0. The Labute approximate surface area is 183 Å². The molecule has 0 aromatic heterocycles. The Balaban J connectivity index is 1.39. The van der Waals surface area contributed by atoms with Crippen molar-refractivity contribution in [2.45, 2.75) is 39.3 Å². The number of nitrogens with zero attached hydrogens (tertiary/aromatic N) is 1. The summed E-state index contributed by atoms with van der Waals surface area (Å²) < 4.78 is 5.77. The second-order valence-electron chi connectivity index (χ2n) is 7.83. The average molecular weight is 435 g/mol. The van der Waals surface area contributed by atoms with E-state index in [1.165, 1.54) is 5.56 Å². The van der Waals surface area contributed by atoms with Crippen molar-refractivity contribution in [3.8, 4) is 5.75 Å². The summed E-state index contributed by atoms with van der Waals surface area (Å²) in [5, 5.41) is 4.25. The highest BCUT2D eigenvalue weighted by Gasteiger charge is 2.26. The number of benzene rings is 2. The third-order valence-electron chi connectivity index (χ3n) is 5.26. The number of halogens is 2. The van der Waals surface area contributed by atoms with Gasteiger partial charge in [0, 0.05) is 12.5 Å². The Bertz CT molecular complexity index is 818. The standard InChI is InChI=1S/C23H28Cl2N2O2/c1-16-3-6-20(7-4-16)29-15-17(2)26-23(28)19-9-11-27(12-10-19)14-18-5-8-21(24)22(25)13-18/h3-8,13,17,19H,9-12,14-15H2,1-2H3,(H,26,28)/t17-/m1/s1. The van der Waals surface area contributed by atoms with Crippen molar-refractivity contribution in [1.29, 1.82) is 0 Å². The van der Waals surface area contributed by atoms with Crippen LogP contribution >= 0.6 is 23.2 Å². The van der Waals surface area contributed by atoms with Crippen LogP contribution in [0, 0.1) is 12.8 Å². The lowest BCUT2D eigenvalue weighted by Gasteiger charge is -2.32. The molecule has 29 heavy (non-hydrogen) atoms. The van der Waals surface area contributed by atoms with Gasteiger partial charge in [0.25, 0.3) is 0 Å². The number of hydrogen-bond acceptors (Lipinski definition) is 3. The first-order valence-corrected chi connectivity index (χ1v) is 10.8. The molecule has 156 valence electrons. The Kier molecular flexibility index (Phi) is 7.82. The molecule has 0 saturated carbocycles. The summed E-state index contributed by atoms with van der Waals surface area (Å²) in [5.41, 5.74) is 2.34. The summed E-state index contributed by atoms with van der Waals surface area (Å²) in [6.07, 6.45) is 1.72. The first kappa shape index (κ1) is 21.9. The van der Waals surface area contributed by atoms with Crippen LogP contribution in [0.2, 0.25) is 10.0 Å². The average Bonchev–Trinajstić information content (AvgIpc) is 2.71. The van der Waals surface area contributed by atoms with Crippen molar-refractivity contribution in [2.24, 2.45) is 5.92 Å². The summed E-state index contributed by atoms with van der Waals surface area (Å²) in [6, 6.07) is 13.7. The fourth-order valence-electron chi connectivity index (χ4n) is 3.51. The van der Waals surface area contributed by atoms with Gasteiger partial charge in [-0.1, -0.05) is 47.0 Å². The van der Waals surface area contributed by atoms with Gasteiger partial charge < -0.3 is 10.1 Å². The number of aryl methyl sites for hydroxylation is 1. The molecule has 0 bridgehead atoms. The quantitative estimate of drug-likeness (QED) is 0.658. The first-order chi connectivity index (χ1) is 13.9.